The molecule has 0 amide bonds. The molecule has 0 atom stereocenters. The van der Waals surface area contributed by atoms with Crippen molar-refractivity contribution in [3.05, 3.63) is 36.4 Å². The molecule has 0 fully saturated rings. The largest absolute Gasteiger partial charge is 0.658 e. The third-order valence-corrected chi connectivity index (χ3v) is 2.18. The van der Waals surface area contributed by atoms with Gasteiger partial charge in [0.15, 0.2) is 0 Å². The molecule has 0 saturated heterocycles. The van der Waals surface area contributed by atoms with E-state index in [1.54, 1.807) is 0 Å². The van der Waals surface area contributed by atoms with Crippen LogP contribution in [0.2, 0.25) is 0 Å². The Hall–Kier alpha value is -1.64. The lowest BCUT2D eigenvalue weighted by molar-refractivity contribution is 0.448. The average molecular weight is 169 g/mol. The fourth-order valence-electron chi connectivity index (χ4n) is 1.60. The van der Waals surface area contributed by atoms with Gasteiger partial charge < -0.3 is 9.31 Å². The molecule has 61 valence electrons. The number of hydrogen-bond acceptors (Lipinski definition) is 2. The first-order valence-corrected chi connectivity index (χ1v) is 4.12. The van der Waals surface area contributed by atoms with Gasteiger partial charge in [0.25, 0.3) is 0 Å². The van der Waals surface area contributed by atoms with Gasteiger partial charge in [-0.3, -0.25) is 0 Å². The quantitative estimate of drug-likeness (QED) is 0.562. The Morgan fingerprint density at radius 2 is 1.46 bits per heavy atom. The van der Waals surface area contributed by atoms with E-state index in [-0.39, 0.29) is 0 Å². The minimum Gasteiger partial charge on any atom is -0.526 e. The van der Waals surface area contributed by atoms with E-state index in [1.807, 2.05) is 36.4 Å². The smallest absolute Gasteiger partial charge is 0.526 e. The van der Waals surface area contributed by atoms with Crippen molar-refractivity contribution in [3.63, 3.8) is 0 Å². The molecule has 2 nitrogen and oxygen atoms in total. The second-order valence-electron chi connectivity index (χ2n) is 2.94. The third-order valence-electron chi connectivity index (χ3n) is 2.18. The third kappa shape index (κ3) is 0.901. The second kappa shape index (κ2) is 2.42. The Morgan fingerprint density at radius 3 is 2.08 bits per heavy atom. The molecule has 2 aromatic carbocycles. The Morgan fingerprint density at radius 1 is 0.846 bits per heavy atom. The highest BCUT2D eigenvalue weighted by molar-refractivity contribution is 6.24. The van der Waals surface area contributed by atoms with Crippen molar-refractivity contribution >= 4 is 18.5 Å². The van der Waals surface area contributed by atoms with Crippen LogP contribution in [0.25, 0.3) is 10.8 Å². The van der Waals surface area contributed by atoms with E-state index < -0.39 is 0 Å². The molecule has 0 bridgehead atoms. The second-order valence-corrected chi connectivity index (χ2v) is 2.94. The number of benzene rings is 2. The topological polar surface area (TPSA) is 18.5 Å². The molecule has 3 heteroatoms. The van der Waals surface area contributed by atoms with Crippen LogP contribution < -0.4 is 9.31 Å². The van der Waals surface area contributed by atoms with E-state index >= 15 is 0 Å². The van der Waals surface area contributed by atoms with Gasteiger partial charge in [-0.15, -0.1) is 0 Å². The summed E-state index contributed by atoms with van der Waals surface area (Å²) in [4.78, 5) is 0. The molecule has 0 N–H and O–H groups in total. The summed E-state index contributed by atoms with van der Waals surface area (Å²) in [5.41, 5.74) is 0. The van der Waals surface area contributed by atoms with Crippen molar-refractivity contribution in [1.29, 1.82) is 0 Å². The zero-order chi connectivity index (χ0) is 8.67. The molecule has 0 spiro atoms. The minimum absolute atomic E-state index is 0.861. The van der Waals surface area contributed by atoms with Crippen molar-refractivity contribution in [1.82, 2.24) is 0 Å². The number of hydrogen-bond donors (Lipinski definition) is 0. The predicted molar refractivity (Wildman–Crippen MR) is 51.0 cm³/mol. The van der Waals surface area contributed by atoms with Crippen LogP contribution in [0.1, 0.15) is 0 Å². The number of rotatable bonds is 0. The van der Waals surface area contributed by atoms with Crippen molar-refractivity contribution in [2.24, 2.45) is 0 Å². The summed E-state index contributed by atoms with van der Waals surface area (Å²) in [5.74, 6) is 1.72. The molecule has 0 aromatic heterocycles. The maximum atomic E-state index is 5.25. The van der Waals surface area contributed by atoms with Crippen LogP contribution >= 0.6 is 0 Å². The average Bonchev–Trinajstić information content (AvgIpc) is 2.19. The van der Waals surface area contributed by atoms with Crippen LogP contribution in [-0.2, 0) is 0 Å². The molecule has 3 rings (SSSR count). The van der Waals surface area contributed by atoms with E-state index in [2.05, 4.69) is 0 Å². The lowest BCUT2D eigenvalue weighted by atomic mass is 10.1. The highest BCUT2D eigenvalue weighted by atomic mass is 16.6. The molecule has 13 heavy (non-hydrogen) atoms. The fraction of sp³-hybridized carbons (Fsp3) is 0. The summed E-state index contributed by atoms with van der Waals surface area (Å²) in [7, 11) is 1.36. The van der Waals surface area contributed by atoms with Gasteiger partial charge in [-0.2, -0.15) is 0 Å². The normalized spacial score (nSPS) is 12.9. The van der Waals surface area contributed by atoms with Gasteiger partial charge in [0.1, 0.15) is 11.5 Å². The van der Waals surface area contributed by atoms with Crippen molar-refractivity contribution in [2.45, 2.75) is 0 Å². The van der Waals surface area contributed by atoms with Crippen LogP contribution in [0.5, 0.6) is 11.5 Å². The lowest BCUT2D eigenvalue weighted by Crippen LogP contribution is -2.15. The molecular weight excluding hydrogens is 163 g/mol. The van der Waals surface area contributed by atoms with Crippen LogP contribution in [0.15, 0.2) is 36.4 Å². The maximum absolute atomic E-state index is 5.25. The summed E-state index contributed by atoms with van der Waals surface area (Å²) < 4.78 is 10.5. The molecule has 0 aliphatic carbocycles. The van der Waals surface area contributed by atoms with Gasteiger partial charge in [0, 0.05) is 0 Å². The highest BCUT2D eigenvalue weighted by Gasteiger charge is 2.15. The summed E-state index contributed by atoms with van der Waals surface area (Å²) in [5, 5.41) is 2.19. The van der Waals surface area contributed by atoms with Gasteiger partial charge in [-0.1, -0.05) is 24.3 Å². The summed E-state index contributed by atoms with van der Waals surface area (Å²) in [6, 6.07) is 11.9. The molecule has 0 unspecified atom stereocenters. The van der Waals surface area contributed by atoms with E-state index in [0.717, 1.165) is 22.3 Å². The summed E-state index contributed by atoms with van der Waals surface area (Å²) in [6.45, 7) is 0. The predicted octanol–water partition coefficient (Wildman–Crippen LogP) is 2.15. The van der Waals surface area contributed by atoms with Gasteiger partial charge in [0.2, 0.25) is 0 Å². The Balaban J connectivity index is 2.49. The van der Waals surface area contributed by atoms with Gasteiger partial charge in [-0.05, 0) is 17.5 Å². The molecular formula is C10H6BO2. The summed E-state index contributed by atoms with van der Waals surface area (Å²) >= 11 is 0. The monoisotopic (exact) mass is 169 g/mol. The van der Waals surface area contributed by atoms with Crippen LogP contribution in [0.4, 0.5) is 0 Å². The Labute approximate surface area is 76.4 Å². The molecule has 1 heterocycles. The summed E-state index contributed by atoms with van der Waals surface area (Å²) in [6.07, 6.45) is 0. The van der Waals surface area contributed by atoms with Crippen LogP contribution in [0, 0.1) is 0 Å². The first-order valence-electron chi connectivity index (χ1n) is 4.12. The van der Waals surface area contributed by atoms with Crippen LogP contribution in [0.3, 0.4) is 0 Å². The van der Waals surface area contributed by atoms with Gasteiger partial charge in [-0.25, -0.2) is 0 Å². The van der Waals surface area contributed by atoms with Crippen molar-refractivity contribution < 1.29 is 9.31 Å². The standard InChI is InChI=1S/C10H6BO2/c1-3-7-4-2-6-9-10(7)8(5-1)12-11-13-9/h1-6H. The van der Waals surface area contributed by atoms with Crippen LogP contribution in [-0.4, -0.2) is 7.69 Å². The molecule has 0 saturated carbocycles. The van der Waals surface area contributed by atoms with E-state index in [9.17, 15) is 0 Å². The van der Waals surface area contributed by atoms with Gasteiger partial charge >= 0.3 is 7.69 Å². The fourth-order valence-corrected chi connectivity index (χ4v) is 1.60. The molecule has 1 radical (unpaired) electrons. The van der Waals surface area contributed by atoms with E-state index in [0.29, 0.717) is 0 Å². The highest BCUT2D eigenvalue weighted by Crippen LogP contribution is 2.35. The lowest BCUT2D eigenvalue weighted by Gasteiger charge is -2.17. The molecule has 1 aliphatic heterocycles. The van der Waals surface area contributed by atoms with Crippen molar-refractivity contribution in [3.8, 4) is 11.5 Å². The molecule has 2 aromatic rings. The van der Waals surface area contributed by atoms with Gasteiger partial charge in [0.05, 0.1) is 5.39 Å². The maximum Gasteiger partial charge on any atom is 0.658 e. The Bertz CT molecular complexity index is 429. The molecule has 1 aliphatic rings. The minimum atomic E-state index is 0.861. The zero-order valence-corrected chi connectivity index (χ0v) is 6.86. The first-order chi connectivity index (χ1) is 6.45. The van der Waals surface area contributed by atoms with E-state index in [1.165, 1.54) is 7.69 Å². The SMILES string of the molecule is [B]1Oc2cccc3cccc(c23)O1. The Kier molecular flexibility index (Phi) is 1.27. The van der Waals surface area contributed by atoms with Crippen molar-refractivity contribution in [2.75, 3.05) is 0 Å². The van der Waals surface area contributed by atoms with E-state index in [4.69, 9.17) is 9.31 Å². The first kappa shape index (κ1) is 6.84. The zero-order valence-electron chi connectivity index (χ0n) is 6.86.